The van der Waals surface area contributed by atoms with E-state index in [9.17, 15) is 4.79 Å². The lowest BCUT2D eigenvalue weighted by molar-refractivity contribution is -0.124. The van der Waals surface area contributed by atoms with Crippen LogP contribution in [0.2, 0.25) is 0 Å². The molecule has 0 aromatic carbocycles. The average Bonchev–Trinajstić information content (AvgIpc) is 2.20. The normalized spacial score (nSPS) is 14.3. The lowest BCUT2D eigenvalue weighted by Gasteiger charge is -2.31. The molecule has 0 rings (SSSR count). The maximum absolute atomic E-state index is 11.9. The molecule has 0 saturated carbocycles. The Balaban J connectivity index is 4.09. The van der Waals surface area contributed by atoms with Gasteiger partial charge in [-0.05, 0) is 55.4 Å². The number of rotatable bonds is 7. The first-order valence-electron chi connectivity index (χ1n) is 7.35. The van der Waals surface area contributed by atoms with Crippen molar-refractivity contribution in [3.63, 3.8) is 0 Å². The topological polar surface area (TPSA) is 44.4 Å². The van der Waals surface area contributed by atoms with Crippen molar-refractivity contribution in [3.05, 3.63) is 0 Å². The van der Waals surface area contributed by atoms with Gasteiger partial charge in [0.2, 0.25) is 5.91 Å². The zero-order valence-corrected chi connectivity index (χ0v) is 14.0. The maximum Gasteiger partial charge on any atom is 0.237 e. The van der Waals surface area contributed by atoms with E-state index in [1.165, 1.54) is 0 Å². The van der Waals surface area contributed by atoms with Crippen molar-refractivity contribution in [2.75, 3.05) is 13.1 Å². The van der Waals surface area contributed by atoms with Crippen molar-refractivity contribution in [2.24, 2.45) is 0 Å². The largest absolute Gasteiger partial charge is 0.350 e. The first-order chi connectivity index (χ1) is 8.54. The predicted octanol–water partition coefficient (Wildman–Crippen LogP) is 2.00. The standard InChI is InChI=1S/C15H33N3O/c1-11(2)18(12(3)4)10-9-16-13(5)14(19)17-15(6,7)8/h11-13,16H,9-10H2,1-8H3,(H,17,19). The third kappa shape index (κ3) is 8.22. The molecule has 0 aliphatic carbocycles. The minimum atomic E-state index is -0.172. The van der Waals surface area contributed by atoms with E-state index in [2.05, 4.69) is 43.2 Å². The lowest BCUT2D eigenvalue weighted by Crippen LogP contribution is -2.51. The van der Waals surface area contributed by atoms with Crippen LogP contribution in [0.3, 0.4) is 0 Å². The predicted molar refractivity (Wildman–Crippen MR) is 82.3 cm³/mol. The second kappa shape index (κ2) is 7.85. The Labute approximate surface area is 119 Å². The highest BCUT2D eigenvalue weighted by Crippen LogP contribution is 2.03. The second-order valence-electron chi connectivity index (χ2n) is 6.84. The third-order valence-corrected chi connectivity index (χ3v) is 3.04. The Kier molecular flexibility index (Phi) is 7.60. The molecule has 0 radical (unpaired) electrons. The van der Waals surface area contributed by atoms with Gasteiger partial charge in [0.05, 0.1) is 6.04 Å². The molecule has 0 saturated heterocycles. The van der Waals surface area contributed by atoms with Gasteiger partial charge in [0.25, 0.3) is 0 Å². The van der Waals surface area contributed by atoms with Crippen molar-refractivity contribution < 1.29 is 4.79 Å². The molecule has 0 bridgehead atoms. The number of hydrogen-bond donors (Lipinski definition) is 2. The first kappa shape index (κ1) is 18.4. The van der Waals surface area contributed by atoms with Gasteiger partial charge in [-0.3, -0.25) is 9.69 Å². The summed E-state index contributed by atoms with van der Waals surface area (Å²) in [4.78, 5) is 14.3. The van der Waals surface area contributed by atoms with Crippen LogP contribution in [0.1, 0.15) is 55.4 Å². The molecule has 2 N–H and O–H groups in total. The van der Waals surface area contributed by atoms with Crippen LogP contribution in [0, 0.1) is 0 Å². The van der Waals surface area contributed by atoms with Crippen LogP contribution in [0.4, 0.5) is 0 Å². The van der Waals surface area contributed by atoms with E-state index in [1.54, 1.807) is 0 Å². The van der Waals surface area contributed by atoms with Gasteiger partial charge in [-0.2, -0.15) is 0 Å². The highest BCUT2D eigenvalue weighted by Gasteiger charge is 2.19. The van der Waals surface area contributed by atoms with Gasteiger partial charge >= 0.3 is 0 Å². The summed E-state index contributed by atoms with van der Waals surface area (Å²) in [6, 6.07) is 0.904. The van der Waals surface area contributed by atoms with E-state index in [0.717, 1.165) is 13.1 Å². The van der Waals surface area contributed by atoms with Crippen LogP contribution < -0.4 is 10.6 Å². The van der Waals surface area contributed by atoms with Gasteiger partial charge in [-0.1, -0.05) is 0 Å². The fourth-order valence-electron chi connectivity index (χ4n) is 2.09. The molecule has 0 aliphatic heterocycles. The fourth-order valence-corrected chi connectivity index (χ4v) is 2.09. The van der Waals surface area contributed by atoms with E-state index in [0.29, 0.717) is 12.1 Å². The molecule has 0 aliphatic rings. The summed E-state index contributed by atoms with van der Waals surface area (Å²) in [5.74, 6) is 0.0631. The summed E-state index contributed by atoms with van der Waals surface area (Å²) in [6.45, 7) is 18.5. The molecule has 1 unspecified atom stereocenters. The zero-order chi connectivity index (χ0) is 15.2. The van der Waals surface area contributed by atoms with Crippen LogP contribution in [-0.2, 0) is 4.79 Å². The smallest absolute Gasteiger partial charge is 0.237 e. The van der Waals surface area contributed by atoms with Gasteiger partial charge in [-0.25, -0.2) is 0 Å². The SMILES string of the molecule is CC(NCCN(C(C)C)C(C)C)C(=O)NC(C)(C)C. The van der Waals surface area contributed by atoms with Gasteiger partial charge in [-0.15, -0.1) is 0 Å². The first-order valence-corrected chi connectivity index (χ1v) is 7.35. The summed E-state index contributed by atoms with van der Waals surface area (Å²) in [5.41, 5.74) is -0.172. The van der Waals surface area contributed by atoms with E-state index in [4.69, 9.17) is 0 Å². The summed E-state index contributed by atoms with van der Waals surface area (Å²) in [5, 5.41) is 6.28. The van der Waals surface area contributed by atoms with E-state index in [1.807, 2.05) is 27.7 Å². The van der Waals surface area contributed by atoms with Gasteiger partial charge in [0.15, 0.2) is 0 Å². The number of carbonyl (C=O) groups is 1. The Bertz CT molecular complexity index is 261. The van der Waals surface area contributed by atoms with E-state index >= 15 is 0 Å². The third-order valence-electron chi connectivity index (χ3n) is 3.04. The van der Waals surface area contributed by atoms with Crippen LogP contribution in [0.15, 0.2) is 0 Å². The minimum Gasteiger partial charge on any atom is -0.350 e. The Morgan fingerprint density at radius 3 is 1.89 bits per heavy atom. The summed E-state index contributed by atoms with van der Waals surface area (Å²) >= 11 is 0. The summed E-state index contributed by atoms with van der Waals surface area (Å²) in [6.07, 6.45) is 0. The number of carbonyl (C=O) groups excluding carboxylic acids is 1. The maximum atomic E-state index is 11.9. The highest BCUT2D eigenvalue weighted by atomic mass is 16.2. The van der Waals surface area contributed by atoms with Crippen LogP contribution in [0.25, 0.3) is 0 Å². The molecular weight excluding hydrogens is 238 g/mol. The summed E-state index contributed by atoms with van der Waals surface area (Å²) < 4.78 is 0. The van der Waals surface area contributed by atoms with Crippen molar-refractivity contribution in [1.29, 1.82) is 0 Å². The molecule has 114 valence electrons. The van der Waals surface area contributed by atoms with Crippen molar-refractivity contribution in [1.82, 2.24) is 15.5 Å². The number of nitrogens with zero attached hydrogens (tertiary/aromatic N) is 1. The average molecular weight is 271 g/mol. The molecule has 0 spiro atoms. The highest BCUT2D eigenvalue weighted by molar-refractivity contribution is 5.81. The Morgan fingerprint density at radius 1 is 1.05 bits per heavy atom. The molecule has 19 heavy (non-hydrogen) atoms. The summed E-state index contributed by atoms with van der Waals surface area (Å²) in [7, 11) is 0. The van der Waals surface area contributed by atoms with Crippen LogP contribution >= 0.6 is 0 Å². The molecule has 0 heterocycles. The second-order valence-corrected chi connectivity index (χ2v) is 6.84. The molecule has 4 heteroatoms. The van der Waals surface area contributed by atoms with Gasteiger partial charge < -0.3 is 10.6 Å². The minimum absolute atomic E-state index is 0.0631. The molecule has 0 aromatic rings. The van der Waals surface area contributed by atoms with Gasteiger partial charge in [0, 0.05) is 30.7 Å². The quantitative estimate of drug-likeness (QED) is 0.744. The van der Waals surface area contributed by atoms with Crippen LogP contribution in [0.5, 0.6) is 0 Å². The molecule has 1 amide bonds. The number of hydrogen-bond acceptors (Lipinski definition) is 3. The van der Waals surface area contributed by atoms with E-state index < -0.39 is 0 Å². The monoisotopic (exact) mass is 271 g/mol. The van der Waals surface area contributed by atoms with Gasteiger partial charge in [0.1, 0.15) is 0 Å². The van der Waals surface area contributed by atoms with E-state index in [-0.39, 0.29) is 17.5 Å². The molecular formula is C15H33N3O. The fraction of sp³-hybridized carbons (Fsp3) is 0.933. The Morgan fingerprint density at radius 2 is 1.53 bits per heavy atom. The molecule has 1 atom stereocenters. The molecule has 0 aromatic heterocycles. The van der Waals surface area contributed by atoms with Crippen LogP contribution in [-0.4, -0.2) is 47.6 Å². The zero-order valence-electron chi connectivity index (χ0n) is 14.0. The lowest BCUT2D eigenvalue weighted by atomic mass is 10.1. The van der Waals surface area contributed by atoms with Crippen molar-refractivity contribution in [3.8, 4) is 0 Å². The van der Waals surface area contributed by atoms with Crippen molar-refractivity contribution in [2.45, 2.75) is 79.1 Å². The number of nitrogens with one attached hydrogen (secondary N) is 2. The van der Waals surface area contributed by atoms with Crippen molar-refractivity contribution >= 4 is 5.91 Å². The Hall–Kier alpha value is -0.610. The number of amides is 1. The molecule has 0 fully saturated rings. The molecule has 4 nitrogen and oxygen atoms in total.